The predicted octanol–water partition coefficient (Wildman–Crippen LogP) is 2.80. The van der Waals surface area contributed by atoms with Gasteiger partial charge in [-0.25, -0.2) is 4.79 Å². The van der Waals surface area contributed by atoms with E-state index in [0.717, 1.165) is 0 Å². The smallest absolute Gasteiger partial charge is 0.334 e. The molecule has 13 atom stereocenters. The number of hydrogen-bond acceptors (Lipinski definition) is 7. The molecule has 2 heterocycles. The van der Waals surface area contributed by atoms with Gasteiger partial charge in [0.15, 0.2) is 5.78 Å². The molecular weight excluding hydrogens is 460 g/mol. The number of fused-ring (bicyclic) bond motifs is 4. The molecule has 0 radical (unpaired) electrons. The molecule has 7 rings (SSSR count). The van der Waals surface area contributed by atoms with Crippen LogP contribution in [0.1, 0.15) is 52.9 Å². The van der Waals surface area contributed by atoms with Crippen LogP contribution in [0.25, 0.3) is 0 Å². The number of carbonyl (C=O) groups excluding carboxylic acids is 4. The molecule has 1 spiro atoms. The van der Waals surface area contributed by atoms with E-state index < -0.39 is 46.3 Å². The zero-order valence-corrected chi connectivity index (χ0v) is 21.1. The van der Waals surface area contributed by atoms with E-state index in [1.807, 2.05) is 13.0 Å². The molecule has 0 aromatic carbocycles. The van der Waals surface area contributed by atoms with E-state index in [9.17, 15) is 24.3 Å². The summed E-state index contributed by atoms with van der Waals surface area (Å²) >= 11 is 0. The number of aliphatic hydroxyl groups excluding tert-OH is 1. The second kappa shape index (κ2) is 6.77. The van der Waals surface area contributed by atoms with Crippen LogP contribution in [0.15, 0.2) is 24.3 Å². The number of ether oxygens (including phenoxy) is 2. The lowest BCUT2D eigenvalue weighted by atomic mass is 9.49. The summed E-state index contributed by atoms with van der Waals surface area (Å²) in [5, 5.41) is 12.1. The van der Waals surface area contributed by atoms with E-state index in [2.05, 4.69) is 20.4 Å². The molecule has 2 saturated heterocycles. The Morgan fingerprint density at radius 1 is 0.972 bits per heavy atom. The van der Waals surface area contributed by atoms with E-state index in [0.29, 0.717) is 37.7 Å². The first-order valence-electron chi connectivity index (χ1n) is 13.5. The molecule has 7 heteroatoms. The number of aliphatic hydroxyl groups is 1. The Labute approximate surface area is 210 Å². The Morgan fingerprint density at radius 2 is 1.69 bits per heavy atom. The summed E-state index contributed by atoms with van der Waals surface area (Å²) < 4.78 is 11.8. The van der Waals surface area contributed by atoms with Gasteiger partial charge < -0.3 is 14.6 Å². The fourth-order valence-electron chi connectivity index (χ4n) is 10.7. The molecule has 36 heavy (non-hydrogen) atoms. The summed E-state index contributed by atoms with van der Waals surface area (Å²) in [7, 11) is 0. The van der Waals surface area contributed by atoms with Crippen LogP contribution in [-0.2, 0) is 28.7 Å². The second-order valence-electron chi connectivity index (χ2n) is 13.2. The molecule has 6 fully saturated rings. The minimum Gasteiger partial charge on any atom is -0.461 e. The topological polar surface area (TPSA) is 107 Å². The normalized spacial score (nSPS) is 56.7. The number of rotatable bonds is 0. The number of hydrogen-bond donors (Lipinski definition) is 1. The van der Waals surface area contributed by atoms with Crippen molar-refractivity contribution in [3.63, 3.8) is 0 Å². The van der Waals surface area contributed by atoms with Crippen molar-refractivity contribution < 1.29 is 33.8 Å². The number of carbonyl (C=O) groups is 4. The monoisotopic (exact) mass is 494 g/mol. The van der Waals surface area contributed by atoms with Crippen molar-refractivity contribution in [1.29, 1.82) is 0 Å². The number of esters is 2. The zero-order valence-electron chi connectivity index (χ0n) is 21.1. The lowest BCUT2D eigenvalue weighted by Gasteiger charge is -2.49. The molecule has 1 N–H and O–H groups in total. The first-order chi connectivity index (χ1) is 17.0. The number of ketones is 2. The first-order valence-corrected chi connectivity index (χ1v) is 13.5. The fourth-order valence-corrected chi connectivity index (χ4v) is 10.7. The fraction of sp³-hybridized carbons (Fsp3) is 0.724. The van der Waals surface area contributed by atoms with E-state index in [4.69, 9.17) is 9.47 Å². The molecule has 4 unspecified atom stereocenters. The average molecular weight is 495 g/mol. The largest absolute Gasteiger partial charge is 0.461 e. The maximum absolute atomic E-state index is 14.2. The lowest BCUT2D eigenvalue weighted by Crippen LogP contribution is -2.59. The van der Waals surface area contributed by atoms with Crippen LogP contribution in [0.2, 0.25) is 0 Å². The highest BCUT2D eigenvalue weighted by Crippen LogP contribution is 2.77. The van der Waals surface area contributed by atoms with E-state index >= 15 is 0 Å². The Hall–Kier alpha value is -2.28. The minimum atomic E-state index is -1.21. The third kappa shape index (κ3) is 2.24. The van der Waals surface area contributed by atoms with Crippen molar-refractivity contribution in [1.82, 2.24) is 0 Å². The third-order valence-electron chi connectivity index (χ3n) is 12.0. The molecule has 2 bridgehead atoms. The third-order valence-corrected chi connectivity index (χ3v) is 12.0. The van der Waals surface area contributed by atoms with Gasteiger partial charge in [-0.05, 0) is 68.3 Å². The molecule has 7 nitrogen and oxygen atoms in total. The van der Waals surface area contributed by atoms with Crippen molar-refractivity contribution in [2.75, 3.05) is 0 Å². The van der Waals surface area contributed by atoms with Crippen molar-refractivity contribution in [3.8, 4) is 0 Å². The highest BCUT2D eigenvalue weighted by atomic mass is 16.6. The molecule has 192 valence electrons. The summed E-state index contributed by atoms with van der Waals surface area (Å²) in [5.74, 6) is -1.99. The Balaban J connectivity index is 1.43. The molecule has 2 aliphatic heterocycles. The quantitative estimate of drug-likeness (QED) is 0.408. The summed E-state index contributed by atoms with van der Waals surface area (Å²) in [4.78, 5) is 54.0. The van der Waals surface area contributed by atoms with E-state index in [-0.39, 0.29) is 53.2 Å². The molecule has 0 aromatic heterocycles. The standard InChI is InChI=1S/C29H34O7/c1-12-7-19-23(24(32)27(4)17(12)5-6-20(27)30)29(26(34)36-19)10-15-9-21(31)28(29)11-16-14(3)25(33)35-18(16)8-13(2)22(15)28/h5-6,12-13,15-19,22-24,32H,3,7-11H2,1-2,4H3/t12?,13-,15-,16-,17?,18-,19-,22-,23-,24?,27+,28?,29-/m1/s1. The van der Waals surface area contributed by atoms with Gasteiger partial charge in [0.05, 0.1) is 16.9 Å². The summed E-state index contributed by atoms with van der Waals surface area (Å²) in [6.45, 7) is 10.00. The van der Waals surface area contributed by atoms with Crippen molar-refractivity contribution >= 4 is 23.5 Å². The highest BCUT2D eigenvalue weighted by Gasteiger charge is 2.83. The van der Waals surface area contributed by atoms with E-state index in [1.54, 1.807) is 6.08 Å². The van der Waals surface area contributed by atoms with Crippen LogP contribution in [0.4, 0.5) is 0 Å². The Morgan fingerprint density at radius 3 is 2.44 bits per heavy atom. The van der Waals surface area contributed by atoms with Crippen LogP contribution in [0.5, 0.6) is 0 Å². The summed E-state index contributed by atoms with van der Waals surface area (Å²) in [6, 6.07) is 0. The van der Waals surface area contributed by atoms with Gasteiger partial charge in [0.25, 0.3) is 0 Å². The Kier molecular flexibility index (Phi) is 4.30. The van der Waals surface area contributed by atoms with Crippen LogP contribution >= 0.6 is 0 Å². The predicted molar refractivity (Wildman–Crippen MR) is 126 cm³/mol. The van der Waals surface area contributed by atoms with Gasteiger partial charge >= 0.3 is 11.9 Å². The van der Waals surface area contributed by atoms with Crippen molar-refractivity contribution in [2.45, 2.75) is 71.2 Å². The van der Waals surface area contributed by atoms with Gasteiger partial charge in [0.1, 0.15) is 18.0 Å². The lowest BCUT2D eigenvalue weighted by molar-refractivity contribution is -0.169. The van der Waals surface area contributed by atoms with Gasteiger partial charge in [-0.15, -0.1) is 0 Å². The van der Waals surface area contributed by atoms with Gasteiger partial charge in [-0.1, -0.05) is 26.5 Å². The first kappa shape index (κ1) is 22.9. The minimum absolute atomic E-state index is 0.00970. The summed E-state index contributed by atoms with van der Waals surface area (Å²) in [5.41, 5.74) is -2.96. The number of allylic oxidation sites excluding steroid dienone is 2. The second-order valence-corrected chi connectivity index (χ2v) is 13.2. The van der Waals surface area contributed by atoms with Crippen molar-refractivity contribution in [3.05, 3.63) is 24.3 Å². The molecule has 4 saturated carbocycles. The van der Waals surface area contributed by atoms with E-state index in [1.165, 1.54) is 0 Å². The average Bonchev–Trinajstić information content (AvgIpc) is 3.48. The van der Waals surface area contributed by atoms with Gasteiger partial charge in [-0.3, -0.25) is 14.4 Å². The number of Topliss-reactive ketones (excluding diaryl/α,β-unsaturated/α-hetero) is 1. The molecule has 0 aromatic rings. The van der Waals surface area contributed by atoms with Crippen LogP contribution in [-0.4, -0.2) is 46.9 Å². The molecular formula is C29H34O7. The van der Waals surface area contributed by atoms with Crippen LogP contribution < -0.4 is 0 Å². The van der Waals surface area contributed by atoms with Crippen LogP contribution in [0, 0.1) is 57.7 Å². The molecule has 0 amide bonds. The SMILES string of the molecule is C=C1C(=O)O[C@@H]2C[C@@H](C)[C@@H]3[C@@H]4CC(=O)C3(C[C@H]12)[C@@]1(C4)C(=O)O[C@@H]2CC(C)C3C=CC(=O)[C@@]3(C)C(O)[C@@H]21. The summed E-state index contributed by atoms with van der Waals surface area (Å²) in [6.07, 6.45) is 3.86. The highest BCUT2D eigenvalue weighted by molar-refractivity contribution is 6.00. The van der Waals surface area contributed by atoms with Crippen molar-refractivity contribution in [2.24, 2.45) is 57.7 Å². The van der Waals surface area contributed by atoms with Gasteiger partial charge in [0.2, 0.25) is 0 Å². The van der Waals surface area contributed by atoms with Gasteiger partial charge in [-0.2, -0.15) is 0 Å². The maximum atomic E-state index is 14.2. The van der Waals surface area contributed by atoms with Crippen LogP contribution in [0.3, 0.4) is 0 Å². The Bertz CT molecular complexity index is 1170. The zero-order chi connectivity index (χ0) is 25.5. The molecule has 7 aliphatic rings. The maximum Gasteiger partial charge on any atom is 0.334 e. The molecule has 5 aliphatic carbocycles. The van der Waals surface area contributed by atoms with Gasteiger partial charge in [0, 0.05) is 29.2 Å².